The molecule has 1 aliphatic heterocycles. The molecule has 0 unspecified atom stereocenters. The van der Waals surface area contributed by atoms with Gasteiger partial charge in [-0.1, -0.05) is 6.42 Å². The van der Waals surface area contributed by atoms with Crippen molar-refractivity contribution in [3.8, 4) is 0 Å². The van der Waals surface area contributed by atoms with Gasteiger partial charge in [0, 0.05) is 30.3 Å². The van der Waals surface area contributed by atoms with Gasteiger partial charge in [0.2, 0.25) is 5.78 Å². The number of nitrogens with one attached hydrogen (secondary N) is 1. The van der Waals surface area contributed by atoms with E-state index in [0.29, 0.717) is 17.1 Å². The van der Waals surface area contributed by atoms with Crippen LogP contribution in [0.4, 0.5) is 5.69 Å². The highest BCUT2D eigenvalue weighted by Gasteiger charge is 2.24. The van der Waals surface area contributed by atoms with Crippen molar-refractivity contribution < 1.29 is 18.5 Å². The summed E-state index contributed by atoms with van der Waals surface area (Å²) < 4.78 is 23.6. The quantitative estimate of drug-likeness (QED) is 0.620. The Morgan fingerprint density at radius 3 is 2.36 bits per heavy atom. The number of methoxy groups -OCH3 is 1. The molecule has 0 saturated carbocycles. The van der Waals surface area contributed by atoms with Gasteiger partial charge in [0.05, 0.1) is 28.1 Å². The molecule has 1 aromatic heterocycles. The third-order valence-corrected chi connectivity index (χ3v) is 7.32. The maximum absolute atomic E-state index is 13.1. The van der Waals surface area contributed by atoms with E-state index in [9.17, 15) is 18.6 Å². The summed E-state index contributed by atoms with van der Waals surface area (Å²) in [6, 6.07) is 2.91. The van der Waals surface area contributed by atoms with Crippen molar-refractivity contribution in [1.82, 2.24) is 9.78 Å². The molecule has 1 aromatic carbocycles. The van der Waals surface area contributed by atoms with Crippen LogP contribution < -0.4 is 5.56 Å². The molecule has 3 rings (SSSR count). The van der Waals surface area contributed by atoms with E-state index in [-0.39, 0.29) is 22.4 Å². The van der Waals surface area contributed by atoms with Gasteiger partial charge in [-0.25, -0.2) is 9.00 Å². The van der Waals surface area contributed by atoms with Crippen LogP contribution in [0, 0.1) is 6.92 Å². The Bertz CT molecular complexity index is 1110. The number of benzene rings is 1. The second kappa shape index (κ2) is 7.75. The van der Waals surface area contributed by atoms with Crippen LogP contribution in [0.25, 0.3) is 0 Å². The molecule has 2 heterocycles. The number of carbonyl (C=O) groups is 2. The zero-order valence-electron chi connectivity index (χ0n) is 16.1. The largest absolute Gasteiger partial charge is 0.465 e. The molecule has 0 spiro atoms. The van der Waals surface area contributed by atoms with Crippen LogP contribution >= 0.6 is 0 Å². The molecule has 0 radical (unpaired) electrons. The first-order valence-corrected chi connectivity index (χ1v) is 10.9. The molecule has 1 saturated heterocycles. The van der Waals surface area contributed by atoms with E-state index < -0.39 is 27.0 Å². The average Bonchev–Trinajstić information content (AvgIpc) is 3.01. The molecule has 1 aliphatic rings. The number of aromatic amines is 1. The second-order valence-electron chi connectivity index (χ2n) is 6.84. The minimum atomic E-state index is -2.51. The highest BCUT2D eigenvalue weighted by Crippen LogP contribution is 2.31. The van der Waals surface area contributed by atoms with Crippen LogP contribution in [0.1, 0.15) is 51.1 Å². The molecule has 2 aromatic rings. The molecular formula is C19H23N3O5S. The number of ether oxygens (including phenoxy) is 1. The summed E-state index contributed by atoms with van der Waals surface area (Å²) in [6.07, 6.45) is 3.97. The Morgan fingerprint density at radius 2 is 1.79 bits per heavy atom. The van der Waals surface area contributed by atoms with Crippen LogP contribution in [-0.4, -0.2) is 44.4 Å². The molecule has 1 fully saturated rings. The number of H-pyrrole nitrogens is 1. The fraction of sp³-hybridized carbons (Fsp3) is 0.421. The van der Waals surface area contributed by atoms with Gasteiger partial charge in [-0.3, -0.25) is 14.3 Å². The monoisotopic (exact) mass is 405 g/mol. The van der Waals surface area contributed by atoms with Crippen molar-refractivity contribution in [3.05, 3.63) is 50.9 Å². The van der Waals surface area contributed by atoms with Gasteiger partial charge < -0.3 is 9.84 Å². The van der Waals surface area contributed by atoms with Crippen molar-refractivity contribution in [2.45, 2.75) is 26.2 Å². The van der Waals surface area contributed by atoms with E-state index in [0.717, 1.165) is 19.3 Å². The van der Waals surface area contributed by atoms with Gasteiger partial charge in [0.15, 0.2) is 0 Å². The third-order valence-electron chi connectivity index (χ3n) is 4.95. The van der Waals surface area contributed by atoms with Gasteiger partial charge in [-0.05, 0) is 37.5 Å². The first kappa shape index (κ1) is 20.1. The number of nitrogens with zero attached hydrogens (tertiary/aromatic N) is 2. The molecule has 1 N–H and O–H groups in total. The van der Waals surface area contributed by atoms with E-state index in [2.05, 4.69) is 9.46 Å². The maximum atomic E-state index is 13.1. The number of esters is 1. The van der Waals surface area contributed by atoms with Crippen molar-refractivity contribution >= 4 is 27.2 Å². The number of rotatable bonds is 4. The standard InChI is InChI=1S/C19H23N3O5S/c1-12-13(17(23)15-11-20-22(2)18(15)24)7-8-14(19(25)27-3)16(12)21-28(26)9-5-4-6-10-28/h7-8,11,20H,4-6,9-10H2,1-3H3. The number of aryl methyl sites for hydroxylation is 1. The van der Waals surface area contributed by atoms with Crippen molar-refractivity contribution in [3.63, 3.8) is 0 Å². The van der Waals surface area contributed by atoms with Crippen LogP contribution in [0.2, 0.25) is 0 Å². The molecule has 150 valence electrons. The Labute approximate surface area is 163 Å². The lowest BCUT2D eigenvalue weighted by Gasteiger charge is -2.17. The topological polar surface area (TPSA) is 111 Å². The molecule has 28 heavy (non-hydrogen) atoms. The number of carbonyl (C=O) groups excluding carboxylic acids is 2. The summed E-state index contributed by atoms with van der Waals surface area (Å²) in [4.78, 5) is 37.3. The molecule has 0 bridgehead atoms. The Kier molecular flexibility index (Phi) is 5.55. The summed E-state index contributed by atoms with van der Waals surface area (Å²) >= 11 is 0. The molecule has 0 amide bonds. The van der Waals surface area contributed by atoms with Crippen LogP contribution in [-0.2, 0) is 21.5 Å². The van der Waals surface area contributed by atoms with Crippen LogP contribution in [0.15, 0.2) is 27.5 Å². The Balaban J connectivity index is 2.20. The van der Waals surface area contributed by atoms with Gasteiger partial charge in [-0.15, -0.1) is 0 Å². The highest BCUT2D eigenvalue weighted by atomic mass is 32.2. The fourth-order valence-electron chi connectivity index (χ4n) is 3.30. The Hall–Kier alpha value is -2.68. The predicted molar refractivity (Wildman–Crippen MR) is 106 cm³/mol. The number of hydrogen-bond donors (Lipinski definition) is 1. The number of hydrogen-bond acceptors (Lipinski definition) is 6. The minimum Gasteiger partial charge on any atom is -0.465 e. The summed E-state index contributed by atoms with van der Waals surface area (Å²) in [5.41, 5.74) is 0.553. The van der Waals surface area contributed by atoms with Gasteiger partial charge in [0.25, 0.3) is 5.56 Å². The molecule has 8 nitrogen and oxygen atoms in total. The Morgan fingerprint density at radius 1 is 1.14 bits per heavy atom. The average molecular weight is 405 g/mol. The first-order chi connectivity index (χ1) is 13.3. The molecule has 0 aliphatic carbocycles. The summed E-state index contributed by atoms with van der Waals surface area (Å²) in [6.45, 7) is 1.64. The van der Waals surface area contributed by atoms with E-state index in [1.54, 1.807) is 6.92 Å². The lowest BCUT2D eigenvalue weighted by Crippen LogP contribution is -2.20. The van der Waals surface area contributed by atoms with E-state index in [1.165, 1.54) is 37.2 Å². The number of ketones is 1. The van der Waals surface area contributed by atoms with E-state index in [1.807, 2.05) is 0 Å². The van der Waals surface area contributed by atoms with Gasteiger partial charge in [0.1, 0.15) is 5.56 Å². The SMILES string of the molecule is COC(=O)c1ccc(C(=O)c2c[nH]n(C)c2=O)c(C)c1N=S1(=O)CCCCC1. The fourth-order valence-corrected chi connectivity index (χ4v) is 5.57. The lowest BCUT2D eigenvalue weighted by atomic mass is 9.97. The summed E-state index contributed by atoms with van der Waals surface area (Å²) in [5.74, 6) is -0.171. The third kappa shape index (κ3) is 3.66. The van der Waals surface area contributed by atoms with Gasteiger partial charge >= 0.3 is 5.97 Å². The zero-order chi connectivity index (χ0) is 20.5. The van der Waals surface area contributed by atoms with Crippen molar-refractivity contribution in [1.29, 1.82) is 0 Å². The molecule has 0 atom stereocenters. The lowest BCUT2D eigenvalue weighted by molar-refractivity contribution is 0.0601. The summed E-state index contributed by atoms with van der Waals surface area (Å²) in [5, 5.41) is 2.67. The second-order valence-corrected chi connectivity index (χ2v) is 9.38. The highest BCUT2D eigenvalue weighted by molar-refractivity contribution is 7.93. The predicted octanol–water partition coefficient (Wildman–Crippen LogP) is 2.32. The number of aromatic nitrogens is 2. The first-order valence-electron chi connectivity index (χ1n) is 9.01. The van der Waals surface area contributed by atoms with Crippen molar-refractivity contribution in [2.24, 2.45) is 11.4 Å². The van der Waals surface area contributed by atoms with E-state index >= 15 is 0 Å². The maximum Gasteiger partial charge on any atom is 0.340 e. The van der Waals surface area contributed by atoms with Crippen LogP contribution in [0.3, 0.4) is 0 Å². The smallest absolute Gasteiger partial charge is 0.340 e. The molecular weight excluding hydrogens is 382 g/mol. The van der Waals surface area contributed by atoms with Gasteiger partial charge in [-0.2, -0.15) is 4.36 Å². The zero-order valence-corrected chi connectivity index (χ0v) is 16.9. The summed E-state index contributed by atoms with van der Waals surface area (Å²) in [7, 11) is 0.262. The molecule has 9 heteroatoms. The van der Waals surface area contributed by atoms with Crippen molar-refractivity contribution in [2.75, 3.05) is 18.6 Å². The minimum absolute atomic E-state index is 0.00998. The normalized spacial score (nSPS) is 15.8. The van der Waals surface area contributed by atoms with E-state index in [4.69, 9.17) is 4.74 Å². The van der Waals surface area contributed by atoms with Crippen LogP contribution in [0.5, 0.6) is 0 Å².